The van der Waals surface area contributed by atoms with E-state index in [9.17, 15) is 4.79 Å². The van der Waals surface area contributed by atoms with Crippen LogP contribution in [0.5, 0.6) is 0 Å². The number of rotatable bonds is 3. The lowest BCUT2D eigenvalue weighted by Gasteiger charge is -2.22. The maximum atomic E-state index is 11.8. The van der Waals surface area contributed by atoms with Gasteiger partial charge in [-0.05, 0) is 25.0 Å². The van der Waals surface area contributed by atoms with Crippen LogP contribution in [-0.4, -0.2) is 28.9 Å². The second-order valence-corrected chi connectivity index (χ2v) is 4.48. The molecule has 1 aliphatic rings. The molecule has 0 saturated carbocycles. The van der Waals surface area contributed by atoms with Gasteiger partial charge < -0.3 is 14.5 Å². The van der Waals surface area contributed by atoms with Gasteiger partial charge in [-0.3, -0.25) is 9.48 Å². The van der Waals surface area contributed by atoms with Crippen LogP contribution >= 0.6 is 0 Å². The van der Waals surface area contributed by atoms with Crippen molar-refractivity contribution in [3.05, 3.63) is 36.5 Å². The number of hydrogen-bond donors (Lipinski definition) is 1. The highest BCUT2D eigenvalue weighted by Crippen LogP contribution is 2.21. The van der Waals surface area contributed by atoms with Gasteiger partial charge in [0.05, 0.1) is 24.2 Å². The van der Waals surface area contributed by atoms with Crippen molar-refractivity contribution in [1.29, 1.82) is 0 Å². The summed E-state index contributed by atoms with van der Waals surface area (Å²) in [6.45, 7) is 1.53. The summed E-state index contributed by atoms with van der Waals surface area (Å²) in [6.07, 6.45) is 6.87. The van der Waals surface area contributed by atoms with E-state index in [2.05, 4.69) is 10.4 Å². The summed E-state index contributed by atoms with van der Waals surface area (Å²) in [7, 11) is 0. The molecular formula is C13H15N3O3. The Kier molecular flexibility index (Phi) is 3.33. The zero-order valence-electron chi connectivity index (χ0n) is 10.4. The quantitative estimate of drug-likeness (QED) is 0.918. The third kappa shape index (κ3) is 2.68. The van der Waals surface area contributed by atoms with E-state index >= 15 is 0 Å². The number of nitrogens with one attached hydrogen (secondary N) is 1. The number of hydrogen-bond acceptors (Lipinski definition) is 4. The first kappa shape index (κ1) is 12.0. The average molecular weight is 261 g/mol. The standard InChI is InChI=1S/C13H15N3O3/c17-13(12-2-1-5-19-12)15-10-8-14-16(9-10)11-3-6-18-7-4-11/h1-2,5,8-9,11H,3-4,6-7H2,(H,15,17). The molecule has 0 atom stereocenters. The van der Waals surface area contributed by atoms with Crippen LogP contribution in [0.25, 0.3) is 0 Å². The molecule has 1 aliphatic heterocycles. The molecule has 6 nitrogen and oxygen atoms in total. The third-order valence-electron chi connectivity index (χ3n) is 3.17. The number of nitrogens with zero attached hydrogens (tertiary/aromatic N) is 2. The molecule has 0 unspecified atom stereocenters. The van der Waals surface area contributed by atoms with Crippen LogP contribution in [0.15, 0.2) is 35.2 Å². The molecule has 0 spiro atoms. The Morgan fingerprint density at radius 2 is 2.26 bits per heavy atom. The van der Waals surface area contributed by atoms with Gasteiger partial charge in [-0.1, -0.05) is 0 Å². The van der Waals surface area contributed by atoms with E-state index in [1.807, 2.05) is 10.9 Å². The number of anilines is 1. The fraction of sp³-hybridized carbons (Fsp3) is 0.385. The highest BCUT2D eigenvalue weighted by atomic mass is 16.5. The molecule has 1 fully saturated rings. The first-order chi connectivity index (χ1) is 9.33. The molecule has 0 aromatic carbocycles. The van der Waals surface area contributed by atoms with Crippen LogP contribution in [0.4, 0.5) is 5.69 Å². The molecule has 2 aromatic rings. The first-order valence-corrected chi connectivity index (χ1v) is 6.30. The molecule has 2 aromatic heterocycles. The Hall–Kier alpha value is -2.08. The summed E-state index contributed by atoms with van der Waals surface area (Å²) in [4.78, 5) is 11.8. The minimum absolute atomic E-state index is 0.267. The second kappa shape index (κ2) is 5.27. The minimum Gasteiger partial charge on any atom is -0.459 e. The van der Waals surface area contributed by atoms with Crippen LogP contribution < -0.4 is 5.32 Å². The van der Waals surface area contributed by atoms with Gasteiger partial charge in [-0.25, -0.2) is 0 Å². The predicted molar refractivity (Wildman–Crippen MR) is 68.0 cm³/mol. The highest BCUT2D eigenvalue weighted by molar-refractivity contribution is 6.02. The van der Waals surface area contributed by atoms with Gasteiger partial charge in [0, 0.05) is 19.4 Å². The first-order valence-electron chi connectivity index (χ1n) is 6.30. The lowest BCUT2D eigenvalue weighted by molar-refractivity contribution is 0.0662. The van der Waals surface area contributed by atoms with Crippen molar-refractivity contribution in [3.8, 4) is 0 Å². The molecule has 1 amide bonds. The lowest BCUT2D eigenvalue weighted by Crippen LogP contribution is -2.19. The predicted octanol–water partition coefficient (Wildman–Crippen LogP) is 2.08. The van der Waals surface area contributed by atoms with Crippen LogP contribution in [0.2, 0.25) is 0 Å². The van der Waals surface area contributed by atoms with E-state index in [0.29, 0.717) is 17.5 Å². The number of amides is 1. The monoisotopic (exact) mass is 261 g/mol. The molecule has 100 valence electrons. The molecule has 3 heterocycles. The summed E-state index contributed by atoms with van der Waals surface area (Å²) >= 11 is 0. The van der Waals surface area contributed by atoms with Crippen LogP contribution in [0.1, 0.15) is 29.4 Å². The van der Waals surface area contributed by atoms with Gasteiger partial charge in [0.15, 0.2) is 5.76 Å². The molecule has 6 heteroatoms. The summed E-state index contributed by atoms with van der Waals surface area (Å²) < 4.78 is 12.2. The van der Waals surface area contributed by atoms with Crippen molar-refractivity contribution < 1.29 is 13.9 Å². The molecular weight excluding hydrogens is 246 g/mol. The largest absolute Gasteiger partial charge is 0.459 e. The maximum absolute atomic E-state index is 11.8. The average Bonchev–Trinajstić information content (AvgIpc) is 3.11. The van der Waals surface area contributed by atoms with Crippen molar-refractivity contribution in [2.45, 2.75) is 18.9 Å². The van der Waals surface area contributed by atoms with E-state index in [1.165, 1.54) is 6.26 Å². The molecule has 0 radical (unpaired) electrons. The Bertz CT molecular complexity index is 541. The molecule has 0 bridgehead atoms. The fourth-order valence-electron chi connectivity index (χ4n) is 2.15. The van der Waals surface area contributed by atoms with Gasteiger partial charge in [0.1, 0.15) is 0 Å². The Morgan fingerprint density at radius 3 is 3.00 bits per heavy atom. The summed E-state index contributed by atoms with van der Waals surface area (Å²) in [5.74, 6) is 0.0235. The molecule has 3 rings (SSSR count). The second-order valence-electron chi connectivity index (χ2n) is 4.48. The van der Waals surface area contributed by atoms with Gasteiger partial charge >= 0.3 is 0 Å². The lowest BCUT2D eigenvalue weighted by atomic mass is 10.1. The van der Waals surface area contributed by atoms with Crippen molar-refractivity contribution in [3.63, 3.8) is 0 Å². The van der Waals surface area contributed by atoms with E-state index in [1.54, 1.807) is 18.3 Å². The van der Waals surface area contributed by atoms with Crippen molar-refractivity contribution >= 4 is 11.6 Å². The SMILES string of the molecule is O=C(Nc1cnn(C2CCOCC2)c1)c1ccco1. The topological polar surface area (TPSA) is 69.3 Å². The molecule has 1 saturated heterocycles. The van der Waals surface area contributed by atoms with Gasteiger partial charge in [-0.2, -0.15) is 5.10 Å². The Morgan fingerprint density at radius 1 is 1.42 bits per heavy atom. The Labute approximate surface area is 110 Å². The maximum Gasteiger partial charge on any atom is 0.291 e. The van der Waals surface area contributed by atoms with E-state index in [-0.39, 0.29) is 5.91 Å². The molecule has 0 aliphatic carbocycles. The van der Waals surface area contributed by atoms with Crippen molar-refractivity contribution in [1.82, 2.24) is 9.78 Å². The van der Waals surface area contributed by atoms with E-state index in [0.717, 1.165) is 26.1 Å². The zero-order chi connectivity index (χ0) is 13.1. The van der Waals surface area contributed by atoms with Gasteiger partial charge in [0.2, 0.25) is 0 Å². The van der Waals surface area contributed by atoms with Crippen molar-refractivity contribution in [2.24, 2.45) is 0 Å². The van der Waals surface area contributed by atoms with Crippen LogP contribution in [-0.2, 0) is 4.74 Å². The van der Waals surface area contributed by atoms with Crippen LogP contribution in [0.3, 0.4) is 0 Å². The summed E-state index contributed by atoms with van der Waals surface area (Å²) in [6, 6.07) is 3.65. The zero-order valence-corrected chi connectivity index (χ0v) is 10.4. The third-order valence-corrected chi connectivity index (χ3v) is 3.17. The number of aromatic nitrogens is 2. The van der Waals surface area contributed by atoms with Crippen LogP contribution in [0, 0.1) is 0 Å². The number of carbonyl (C=O) groups is 1. The fourth-order valence-corrected chi connectivity index (χ4v) is 2.15. The highest BCUT2D eigenvalue weighted by Gasteiger charge is 2.17. The number of furan rings is 1. The van der Waals surface area contributed by atoms with E-state index < -0.39 is 0 Å². The minimum atomic E-state index is -0.267. The van der Waals surface area contributed by atoms with Crippen molar-refractivity contribution in [2.75, 3.05) is 18.5 Å². The molecule has 1 N–H and O–H groups in total. The normalized spacial score (nSPS) is 16.4. The number of carbonyl (C=O) groups excluding carboxylic acids is 1. The van der Waals surface area contributed by atoms with Gasteiger partial charge in [-0.15, -0.1) is 0 Å². The van der Waals surface area contributed by atoms with Gasteiger partial charge in [0.25, 0.3) is 5.91 Å². The smallest absolute Gasteiger partial charge is 0.291 e. The Balaban J connectivity index is 1.66. The summed E-state index contributed by atoms with van der Waals surface area (Å²) in [5, 5.41) is 7.05. The van der Waals surface area contributed by atoms with E-state index in [4.69, 9.17) is 9.15 Å². The number of ether oxygens (including phenoxy) is 1. The summed E-state index contributed by atoms with van der Waals surface area (Å²) in [5.41, 5.74) is 0.674. The molecule has 19 heavy (non-hydrogen) atoms.